The number of hydrogen-bond donors (Lipinski definition) is 3. The molecule has 0 radical (unpaired) electrons. The number of fused-ring (bicyclic) bond motifs is 1. The summed E-state index contributed by atoms with van der Waals surface area (Å²) in [5.41, 5.74) is -0.327. The van der Waals surface area contributed by atoms with Crippen molar-refractivity contribution in [1.29, 1.82) is 0 Å². The van der Waals surface area contributed by atoms with E-state index in [1.165, 1.54) is 12.3 Å². The monoisotopic (exact) mass is 570 g/mol. The molecule has 0 atom stereocenters. The quantitative estimate of drug-likeness (QED) is 0.321. The Morgan fingerprint density at radius 1 is 1.08 bits per heavy atom. The second-order valence-electron chi connectivity index (χ2n) is 8.66. The maximum absolute atomic E-state index is 14.6. The van der Waals surface area contributed by atoms with Crippen LogP contribution in [0.5, 0.6) is 0 Å². The molecular formula is C26H21Cl2FN6O4. The fourth-order valence-corrected chi connectivity index (χ4v) is 4.41. The maximum Gasteiger partial charge on any atom is 0.262 e. The molecule has 13 heteroatoms. The number of hydrogen-bond acceptors (Lipinski definition) is 7. The summed E-state index contributed by atoms with van der Waals surface area (Å²) >= 11 is 12.1. The van der Waals surface area contributed by atoms with Crippen LogP contribution in [0.3, 0.4) is 0 Å². The topological polar surface area (TPSA) is 129 Å². The Morgan fingerprint density at radius 3 is 2.64 bits per heavy atom. The summed E-state index contributed by atoms with van der Waals surface area (Å²) in [7, 11) is 0. The zero-order valence-electron chi connectivity index (χ0n) is 20.3. The molecule has 0 unspecified atom stereocenters. The summed E-state index contributed by atoms with van der Waals surface area (Å²) in [6.45, 7) is 2.44. The molecule has 0 saturated carbocycles. The average molecular weight is 571 g/mol. The Bertz CT molecular complexity index is 1640. The van der Waals surface area contributed by atoms with Gasteiger partial charge in [0.1, 0.15) is 17.0 Å². The van der Waals surface area contributed by atoms with E-state index in [2.05, 4.69) is 25.6 Å². The Balaban J connectivity index is 1.35. The van der Waals surface area contributed by atoms with Gasteiger partial charge in [0, 0.05) is 36.2 Å². The molecule has 1 fully saturated rings. The van der Waals surface area contributed by atoms with Crippen molar-refractivity contribution in [1.82, 2.24) is 20.3 Å². The van der Waals surface area contributed by atoms with Crippen LogP contribution in [0.25, 0.3) is 11.0 Å². The van der Waals surface area contributed by atoms with Gasteiger partial charge in [-0.1, -0.05) is 35.3 Å². The number of rotatable bonds is 6. The van der Waals surface area contributed by atoms with Crippen LogP contribution < -0.4 is 21.1 Å². The molecule has 1 saturated heterocycles. The number of amides is 2. The molecule has 3 heterocycles. The molecular weight excluding hydrogens is 550 g/mol. The molecule has 2 aromatic carbocycles. The van der Waals surface area contributed by atoms with Gasteiger partial charge in [0.2, 0.25) is 5.95 Å². The van der Waals surface area contributed by atoms with Crippen LogP contribution in [0.4, 0.5) is 16.0 Å². The van der Waals surface area contributed by atoms with Crippen molar-refractivity contribution in [3.05, 3.63) is 91.6 Å². The summed E-state index contributed by atoms with van der Waals surface area (Å²) in [4.78, 5) is 51.7. The van der Waals surface area contributed by atoms with Crippen molar-refractivity contribution in [3.63, 3.8) is 0 Å². The van der Waals surface area contributed by atoms with Crippen molar-refractivity contribution >= 4 is 57.7 Å². The fraction of sp³-hybridized carbons (Fsp3) is 0.192. The highest BCUT2D eigenvalue weighted by atomic mass is 35.5. The average Bonchev–Trinajstić information content (AvgIpc) is 2.93. The molecule has 10 nitrogen and oxygen atoms in total. The van der Waals surface area contributed by atoms with E-state index in [9.17, 15) is 18.8 Å². The highest BCUT2D eigenvalue weighted by Gasteiger charge is 2.20. The minimum atomic E-state index is -0.877. The van der Waals surface area contributed by atoms with Gasteiger partial charge in [-0.05, 0) is 35.9 Å². The maximum atomic E-state index is 14.6. The van der Waals surface area contributed by atoms with Crippen LogP contribution in [0, 0.1) is 5.82 Å². The Labute approximate surface area is 231 Å². The summed E-state index contributed by atoms with van der Waals surface area (Å²) in [6, 6.07) is 10.2. The standard InChI is InChI=1S/C26H21Cl2FN6O4/c27-16-3-1-2-14(8-16)12-30-23(36)17-10-21(19(28)11-20(17)29)32-24(37)18-9-15-13-31-26(34-22(15)33-25(18)38)35-4-6-39-7-5-35/h1-3,8-11,13H,4-7,12H2,(H,30,36)(H,32,37)(H,31,33,34,38). The zero-order chi connectivity index (χ0) is 27.5. The van der Waals surface area contributed by atoms with E-state index >= 15 is 0 Å². The molecule has 4 aromatic rings. The van der Waals surface area contributed by atoms with Gasteiger partial charge in [0.05, 0.1) is 29.5 Å². The molecule has 1 aliphatic heterocycles. The molecule has 1 aliphatic rings. The Hall–Kier alpha value is -4.06. The number of carbonyl (C=O) groups excluding carboxylic acids is 2. The third kappa shape index (κ3) is 6.00. The fourth-order valence-electron chi connectivity index (χ4n) is 4.00. The number of nitrogens with zero attached hydrogens (tertiary/aromatic N) is 3. The zero-order valence-corrected chi connectivity index (χ0v) is 21.8. The van der Waals surface area contributed by atoms with Crippen molar-refractivity contribution in [2.24, 2.45) is 0 Å². The van der Waals surface area contributed by atoms with Crippen molar-refractivity contribution < 1.29 is 18.7 Å². The van der Waals surface area contributed by atoms with Gasteiger partial charge in [-0.2, -0.15) is 4.98 Å². The van der Waals surface area contributed by atoms with E-state index in [1.54, 1.807) is 24.3 Å². The predicted molar refractivity (Wildman–Crippen MR) is 145 cm³/mol. The number of aromatic nitrogens is 3. The second kappa shape index (κ2) is 11.4. The van der Waals surface area contributed by atoms with E-state index in [0.29, 0.717) is 42.7 Å². The van der Waals surface area contributed by atoms with Gasteiger partial charge in [0.25, 0.3) is 17.4 Å². The summed E-state index contributed by atoms with van der Waals surface area (Å²) in [5.74, 6) is -1.97. The lowest BCUT2D eigenvalue weighted by Gasteiger charge is -2.26. The van der Waals surface area contributed by atoms with Gasteiger partial charge >= 0.3 is 0 Å². The third-order valence-corrected chi connectivity index (χ3v) is 6.56. The van der Waals surface area contributed by atoms with Gasteiger partial charge in [0.15, 0.2) is 0 Å². The number of ether oxygens (including phenoxy) is 1. The molecule has 0 aliphatic carbocycles. The largest absolute Gasteiger partial charge is 0.378 e. The van der Waals surface area contributed by atoms with Crippen LogP contribution in [-0.2, 0) is 11.3 Å². The highest BCUT2D eigenvalue weighted by molar-refractivity contribution is 6.34. The lowest BCUT2D eigenvalue weighted by Crippen LogP contribution is -2.37. The summed E-state index contributed by atoms with van der Waals surface area (Å²) in [5, 5.41) is 5.86. The van der Waals surface area contributed by atoms with Crippen LogP contribution >= 0.6 is 23.2 Å². The number of aromatic amines is 1. The van der Waals surface area contributed by atoms with Gasteiger partial charge in [-0.25, -0.2) is 9.37 Å². The number of pyridine rings is 1. The van der Waals surface area contributed by atoms with Crippen LogP contribution in [0.1, 0.15) is 26.3 Å². The Morgan fingerprint density at radius 2 is 1.87 bits per heavy atom. The smallest absolute Gasteiger partial charge is 0.262 e. The van der Waals surface area contributed by atoms with Crippen molar-refractivity contribution in [3.8, 4) is 0 Å². The van der Waals surface area contributed by atoms with Crippen molar-refractivity contribution in [2.45, 2.75) is 6.54 Å². The molecule has 2 amide bonds. The Kier molecular flexibility index (Phi) is 7.73. The van der Waals surface area contributed by atoms with Gasteiger partial charge < -0.3 is 25.3 Å². The first-order chi connectivity index (χ1) is 18.8. The number of carbonyl (C=O) groups is 2. The highest BCUT2D eigenvalue weighted by Crippen LogP contribution is 2.26. The van der Waals surface area contributed by atoms with Crippen LogP contribution in [0.15, 0.2) is 53.5 Å². The first kappa shape index (κ1) is 26.5. The normalized spacial score (nSPS) is 13.4. The number of morpholine rings is 1. The lowest BCUT2D eigenvalue weighted by atomic mass is 10.1. The number of nitrogens with one attached hydrogen (secondary N) is 3. The van der Waals surface area contributed by atoms with Crippen molar-refractivity contribution in [2.75, 3.05) is 36.5 Å². The van der Waals surface area contributed by atoms with Gasteiger partial charge in [-0.3, -0.25) is 14.4 Å². The first-order valence-electron chi connectivity index (χ1n) is 11.8. The number of H-pyrrole nitrogens is 1. The first-order valence-corrected chi connectivity index (χ1v) is 12.6. The third-order valence-electron chi connectivity index (χ3n) is 6.01. The van der Waals surface area contributed by atoms with E-state index in [4.69, 9.17) is 27.9 Å². The molecule has 5 rings (SSSR count). The van der Waals surface area contributed by atoms with Gasteiger partial charge in [-0.15, -0.1) is 0 Å². The molecule has 39 heavy (non-hydrogen) atoms. The number of halogens is 3. The van der Waals surface area contributed by atoms with E-state index in [-0.39, 0.29) is 34.0 Å². The number of anilines is 2. The minimum absolute atomic E-state index is 0.0469. The SMILES string of the molecule is O=C(NCc1cccc(Cl)c1)c1cc(NC(=O)c2cc3cnc(N4CCOCC4)nc3[nH]c2=O)c(Cl)cc1F. The van der Waals surface area contributed by atoms with E-state index in [0.717, 1.165) is 17.7 Å². The molecule has 2 aromatic heterocycles. The predicted octanol–water partition coefficient (Wildman–Crippen LogP) is 3.78. The number of benzene rings is 2. The van der Waals surface area contributed by atoms with E-state index < -0.39 is 23.2 Å². The molecule has 3 N–H and O–H groups in total. The molecule has 200 valence electrons. The molecule has 0 bridgehead atoms. The molecule has 0 spiro atoms. The lowest BCUT2D eigenvalue weighted by molar-refractivity contribution is 0.0945. The van der Waals surface area contributed by atoms with E-state index in [1.807, 2.05) is 4.90 Å². The second-order valence-corrected chi connectivity index (χ2v) is 9.51. The summed E-state index contributed by atoms with van der Waals surface area (Å²) in [6.07, 6.45) is 1.51. The summed E-state index contributed by atoms with van der Waals surface area (Å²) < 4.78 is 19.9. The minimum Gasteiger partial charge on any atom is -0.378 e. The van der Waals surface area contributed by atoms with Crippen LogP contribution in [0.2, 0.25) is 10.0 Å². The van der Waals surface area contributed by atoms with Crippen LogP contribution in [-0.4, -0.2) is 53.1 Å².